The van der Waals surface area contributed by atoms with Crippen molar-refractivity contribution >= 4 is 23.1 Å². The topological polar surface area (TPSA) is 55.6 Å². The van der Waals surface area contributed by atoms with Gasteiger partial charge in [0.25, 0.3) is 0 Å². The van der Waals surface area contributed by atoms with E-state index in [4.69, 9.17) is 22.7 Å². The number of hydrogen-bond donors (Lipinski definition) is 1. The summed E-state index contributed by atoms with van der Waals surface area (Å²) < 4.78 is 5.68. The molecule has 5 heteroatoms. The molecule has 114 valence electrons. The predicted octanol–water partition coefficient (Wildman–Crippen LogP) is 2.25. The number of carbonyl (C=O) groups excluding carboxylic acids is 1. The number of piperidine rings is 1. The van der Waals surface area contributed by atoms with Gasteiger partial charge in [-0.1, -0.05) is 19.1 Å². The van der Waals surface area contributed by atoms with Crippen molar-refractivity contribution < 1.29 is 9.53 Å². The number of amides is 1. The lowest BCUT2D eigenvalue weighted by atomic mass is 9.80. The number of likely N-dealkylation sites (tertiary alicyclic amines) is 1. The van der Waals surface area contributed by atoms with Crippen molar-refractivity contribution in [1.82, 2.24) is 4.90 Å². The van der Waals surface area contributed by atoms with Crippen LogP contribution in [0.15, 0.2) is 0 Å². The molecular formula is C15H26N2O2S. The molecule has 2 N–H and O–H groups in total. The zero-order valence-electron chi connectivity index (χ0n) is 12.4. The minimum absolute atomic E-state index is 0.0708. The largest absolute Gasteiger partial charge is 0.393 e. The van der Waals surface area contributed by atoms with Gasteiger partial charge >= 0.3 is 0 Å². The lowest BCUT2D eigenvalue weighted by Crippen LogP contribution is -2.46. The number of ether oxygens (including phenoxy) is 1. The van der Waals surface area contributed by atoms with E-state index in [9.17, 15) is 4.79 Å². The third kappa shape index (κ3) is 3.92. The Labute approximate surface area is 127 Å². The Balaban J connectivity index is 1.73. The van der Waals surface area contributed by atoms with Crippen molar-refractivity contribution in [2.75, 3.05) is 19.7 Å². The van der Waals surface area contributed by atoms with Crippen LogP contribution in [0.2, 0.25) is 0 Å². The highest BCUT2D eigenvalue weighted by Gasteiger charge is 2.34. The van der Waals surface area contributed by atoms with E-state index in [0.717, 1.165) is 51.8 Å². The molecule has 2 saturated heterocycles. The van der Waals surface area contributed by atoms with Crippen LogP contribution >= 0.6 is 12.2 Å². The molecule has 1 unspecified atom stereocenters. The fourth-order valence-corrected chi connectivity index (χ4v) is 3.18. The number of thiocarbonyl (C=S) groups is 1. The Hall–Kier alpha value is -0.680. The number of hydrogen-bond acceptors (Lipinski definition) is 3. The quantitative estimate of drug-likeness (QED) is 0.809. The Morgan fingerprint density at radius 2 is 2.10 bits per heavy atom. The van der Waals surface area contributed by atoms with Gasteiger partial charge in [-0.2, -0.15) is 0 Å². The Bertz CT molecular complexity index is 359. The van der Waals surface area contributed by atoms with Crippen LogP contribution < -0.4 is 5.73 Å². The third-order valence-electron chi connectivity index (χ3n) is 4.77. The predicted molar refractivity (Wildman–Crippen MR) is 83.5 cm³/mol. The second-order valence-electron chi connectivity index (χ2n) is 6.33. The van der Waals surface area contributed by atoms with Crippen LogP contribution in [0.4, 0.5) is 0 Å². The first kappa shape index (κ1) is 15.7. The summed E-state index contributed by atoms with van der Waals surface area (Å²) in [7, 11) is 0. The van der Waals surface area contributed by atoms with Crippen LogP contribution in [0.5, 0.6) is 0 Å². The van der Waals surface area contributed by atoms with Crippen molar-refractivity contribution in [3.63, 3.8) is 0 Å². The van der Waals surface area contributed by atoms with E-state index in [1.807, 2.05) is 4.90 Å². The normalized spacial score (nSPS) is 26.2. The number of nitrogens with two attached hydrogens (primary N) is 1. The summed E-state index contributed by atoms with van der Waals surface area (Å²) in [5, 5.41) is 0. The number of rotatable bonds is 4. The molecule has 2 aliphatic heterocycles. The van der Waals surface area contributed by atoms with Gasteiger partial charge in [0.1, 0.15) is 0 Å². The molecule has 0 aliphatic carbocycles. The molecule has 0 aromatic carbocycles. The first-order valence-electron chi connectivity index (χ1n) is 7.70. The van der Waals surface area contributed by atoms with Crippen molar-refractivity contribution in [3.8, 4) is 0 Å². The zero-order chi connectivity index (χ0) is 14.6. The third-order valence-corrected chi connectivity index (χ3v) is 5.26. The summed E-state index contributed by atoms with van der Waals surface area (Å²) in [5.41, 5.74) is 5.72. The zero-order valence-corrected chi connectivity index (χ0v) is 13.2. The highest BCUT2D eigenvalue weighted by atomic mass is 32.1. The van der Waals surface area contributed by atoms with Crippen LogP contribution in [0.3, 0.4) is 0 Å². The van der Waals surface area contributed by atoms with Gasteiger partial charge in [0, 0.05) is 31.5 Å². The Kier molecular flexibility index (Phi) is 5.38. The molecule has 0 bridgehead atoms. The maximum Gasteiger partial charge on any atom is 0.222 e. The fraction of sp³-hybridized carbons (Fsp3) is 0.867. The molecule has 20 heavy (non-hydrogen) atoms. The first-order chi connectivity index (χ1) is 9.51. The first-order valence-corrected chi connectivity index (χ1v) is 8.11. The summed E-state index contributed by atoms with van der Waals surface area (Å²) in [6.07, 6.45) is 7.02. The van der Waals surface area contributed by atoms with Crippen LogP contribution in [-0.2, 0) is 9.53 Å². The average molecular weight is 298 g/mol. The maximum absolute atomic E-state index is 12.2. The van der Waals surface area contributed by atoms with Gasteiger partial charge in [0.05, 0.1) is 11.1 Å². The molecule has 2 aliphatic rings. The van der Waals surface area contributed by atoms with Gasteiger partial charge in [0.15, 0.2) is 0 Å². The van der Waals surface area contributed by atoms with E-state index in [-0.39, 0.29) is 11.3 Å². The number of carbonyl (C=O) groups is 1. The van der Waals surface area contributed by atoms with Gasteiger partial charge in [0.2, 0.25) is 5.91 Å². The van der Waals surface area contributed by atoms with Gasteiger partial charge in [-0.3, -0.25) is 4.79 Å². The molecule has 1 atom stereocenters. The summed E-state index contributed by atoms with van der Waals surface area (Å²) >= 11 is 5.13. The standard InChI is InChI=1S/C15H26N2O2S/c1-15(14(16)20)7-9-17(10-8-15)13(18)6-5-12-4-2-3-11-19-12/h12H,2-11H2,1H3,(H2,16,20). The summed E-state index contributed by atoms with van der Waals surface area (Å²) in [6.45, 7) is 4.51. The monoisotopic (exact) mass is 298 g/mol. The van der Waals surface area contributed by atoms with Crippen molar-refractivity contribution in [2.45, 2.75) is 58.0 Å². The van der Waals surface area contributed by atoms with Gasteiger partial charge < -0.3 is 15.4 Å². The molecule has 0 aromatic heterocycles. The molecule has 0 radical (unpaired) electrons. The second-order valence-corrected chi connectivity index (χ2v) is 6.77. The van der Waals surface area contributed by atoms with Crippen LogP contribution in [0.25, 0.3) is 0 Å². The molecule has 0 spiro atoms. The highest BCUT2D eigenvalue weighted by molar-refractivity contribution is 7.80. The molecular weight excluding hydrogens is 272 g/mol. The average Bonchev–Trinajstić information content (AvgIpc) is 2.46. The van der Waals surface area contributed by atoms with Gasteiger partial charge in [-0.25, -0.2) is 0 Å². The van der Waals surface area contributed by atoms with Crippen LogP contribution in [-0.4, -0.2) is 41.6 Å². The molecule has 2 rings (SSSR count). The van der Waals surface area contributed by atoms with E-state index < -0.39 is 0 Å². The van der Waals surface area contributed by atoms with Gasteiger partial charge in [-0.05, 0) is 38.5 Å². The molecule has 2 heterocycles. The maximum atomic E-state index is 12.2. The van der Waals surface area contributed by atoms with E-state index in [1.54, 1.807) is 0 Å². The molecule has 0 aromatic rings. The van der Waals surface area contributed by atoms with Crippen molar-refractivity contribution in [1.29, 1.82) is 0 Å². The Morgan fingerprint density at radius 1 is 1.40 bits per heavy atom. The fourth-order valence-electron chi connectivity index (χ4n) is 2.97. The lowest BCUT2D eigenvalue weighted by Gasteiger charge is -2.38. The molecule has 0 saturated carbocycles. The number of nitrogens with zero attached hydrogens (tertiary/aromatic N) is 1. The van der Waals surface area contributed by atoms with Crippen LogP contribution in [0.1, 0.15) is 51.9 Å². The lowest BCUT2D eigenvalue weighted by molar-refractivity contribution is -0.133. The minimum atomic E-state index is -0.0708. The summed E-state index contributed by atoms with van der Waals surface area (Å²) in [4.78, 5) is 14.8. The Morgan fingerprint density at radius 3 is 2.65 bits per heavy atom. The molecule has 4 nitrogen and oxygen atoms in total. The van der Waals surface area contributed by atoms with E-state index in [1.165, 1.54) is 6.42 Å². The van der Waals surface area contributed by atoms with E-state index >= 15 is 0 Å². The van der Waals surface area contributed by atoms with Gasteiger partial charge in [-0.15, -0.1) is 0 Å². The minimum Gasteiger partial charge on any atom is -0.393 e. The SMILES string of the molecule is CC1(C(N)=S)CCN(C(=O)CCC2CCCCO2)CC1. The van der Waals surface area contributed by atoms with Crippen LogP contribution in [0, 0.1) is 5.41 Å². The molecule has 1 amide bonds. The highest BCUT2D eigenvalue weighted by Crippen LogP contribution is 2.31. The summed E-state index contributed by atoms with van der Waals surface area (Å²) in [5.74, 6) is 0.254. The van der Waals surface area contributed by atoms with E-state index in [0.29, 0.717) is 17.5 Å². The molecule has 2 fully saturated rings. The summed E-state index contributed by atoms with van der Waals surface area (Å²) in [6, 6.07) is 0. The second kappa shape index (κ2) is 6.85. The van der Waals surface area contributed by atoms with Crippen molar-refractivity contribution in [3.05, 3.63) is 0 Å². The van der Waals surface area contributed by atoms with E-state index in [2.05, 4.69) is 6.92 Å². The smallest absolute Gasteiger partial charge is 0.222 e. The van der Waals surface area contributed by atoms with Crippen molar-refractivity contribution in [2.24, 2.45) is 11.1 Å².